The van der Waals surface area contributed by atoms with E-state index in [1.807, 2.05) is 0 Å². The lowest BCUT2D eigenvalue weighted by Gasteiger charge is -2.40. The normalized spacial score (nSPS) is 25.4. The van der Waals surface area contributed by atoms with Gasteiger partial charge in [-0.2, -0.15) is 0 Å². The summed E-state index contributed by atoms with van der Waals surface area (Å²) in [5.41, 5.74) is 1.36. The lowest BCUT2D eigenvalue weighted by Crippen LogP contribution is -2.60. The number of cyclic esters (lactones) is 2. The summed E-state index contributed by atoms with van der Waals surface area (Å²) in [6.07, 6.45) is 4.30. The van der Waals surface area contributed by atoms with Gasteiger partial charge >= 0.3 is 11.9 Å². The van der Waals surface area contributed by atoms with Crippen LogP contribution in [0.4, 0.5) is 0 Å². The fraction of sp³-hybridized carbons (Fsp3) is 0.472. The number of carbonyl (C=O) groups is 10. The number of benzene rings is 2. The molecule has 9 atom stereocenters. The molecule has 0 saturated carbocycles. The summed E-state index contributed by atoms with van der Waals surface area (Å²) in [5.74, 6) is -9.95. The number of pyridine rings is 2. The summed E-state index contributed by atoms with van der Waals surface area (Å²) in [6, 6.07) is 5.68. The first kappa shape index (κ1) is 58.9. The van der Waals surface area contributed by atoms with Gasteiger partial charge in [0.05, 0.1) is 26.7 Å². The van der Waals surface area contributed by atoms with Crippen molar-refractivity contribution in [3.8, 4) is 0 Å². The molecule has 4 aromatic rings. The number of fused-ring (bicyclic) bond motifs is 6. The van der Waals surface area contributed by atoms with Gasteiger partial charge in [0.25, 0.3) is 11.8 Å². The lowest BCUT2D eigenvalue weighted by atomic mass is 10.0. The molecular formula is C53H66N10O12S2. The number of para-hydroxylation sites is 2. The Labute approximate surface area is 454 Å². The molecule has 2 aromatic carbocycles. The average Bonchev–Trinajstić information content (AvgIpc) is 3.40. The number of likely N-dealkylation sites (N-methyl/N-ethyl adjacent to an activating group) is 4. The third-order valence-corrected chi connectivity index (χ3v) is 16.3. The van der Waals surface area contributed by atoms with Crippen LogP contribution in [0.2, 0.25) is 0 Å². The molecule has 412 valence electrons. The Hall–Kier alpha value is -7.34. The zero-order valence-corrected chi connectivity index (χ0v) is 46.4. The van der Waals surface area contributed by atoms with Gasteiger partial charge in [0.1, 0.15) is 61.5 Å². The van der Waals surface area contributed by atoms with Crippen LogP contribution in [0.3, 0.4) is 0 Å². The zero-order chi connectivity index (χ0) is 56.6. The number of rotatable bonds is 7. The van der Waals surface area contributed by atoms with Gasteiger partial charge in [0, 0.05) is 57.1 Å². The van der Waals surface area contributed by atoms with E-state index in [4.69, 9.17) is 9.47 Å². The number of nitrogens with zero attached hydrogens (tertiary/aromatic N) is 6. The van der Waals surface area contributed by atoms with Gasteiger partial charge in [-0.1, -0.05) is 64.1 Å². The molecule has 2 aliphatic heterocycles. The van der Waals surface area contributed by atoms with Crippen molar-refractivity contribution < 1.29 is 57.4 Å². The van der Waals surface area contributed by atoms with E-state index in [-0.39, 0.29) is 16.9 Å². The van der Waals surface area contributed by atoms with Gasteiger partial charge < -0.3 is 50.3 Å². The third-order valence-electron chi connectivity index (χ3n) is 13.5. The largest absolute Gasteiger partial charge is 0.461 e. The second kappa shape index (κ2) is 25.7. The molecule has 2 bridgehead atoms. The Morgan fingerprint density at radius 2 is 1.04 bits per heavy atom. The predicted octanol–water partition coefficient (Wildman–Crippen LogP) is 1.85. The number of hydrogen-bond donors (Lipinski definition) is 4. The van der Waals surface area contributed by atoms with Crippen molar-refractivity contribution in [2.75, 3.05) is 53.4 Å². The molecule has 0 aliphatic carbocycles. The quantitative estimate of drug-likeness (QED) is 0.192. The van der Waals surface area contributed by atoms with E-state index in [9.17, 15) is 38.4 Å². The molecule has 4 unspecified atom stereocenters. The summed E-state index contributed by atoms with van der Waals surface area (Å²) in [7, 11) is 5.38. The fourth-order valence-electron chi connectivity index (χ4n) is 9.15. The van der Waals surface area contributed by atoms with Crippen molar-refractivity contribution in [2.24, 2.45) is 11.8 Å². The molecule has 2 aliphatic rings. The Kier molecular flexibility index (Phi) is 19.6. The van der Waals surface area contributed by atoms with Crippen LogP contribution >= 0.6 is 23.5 Å². The second-order valence-corrected chi connectivity index (χ2v) is 22.1. The number of esters is 2. The maximum absolute atomic E-state index is 15.2. The lowest BCUT2D eigenvalue weighted by molar-refractivity contribution is -0.160. The summed E-state index contributed by atoms with van der Waals surface area (Å²) in [4.78, 5) is 157. The van der Waals surface area contributed by atoms with E-state index in [1.165, 1.54) is 54.4 Å². The van der Waals surface area contributed by atoms with Gasteiger partial charge in [-0.15, -0.1) is 23.5 Å². The van der Waals surface area contributed by atoms with Crippen LogP contribution in [0.15, 0.2) is 73.1 Å². The zero-order valence-electron chi connectivity index (χ0n) is 44.8. The van der Waals surface area contributed by atoms with E-state index in [0.29, 0.717) is 21.8 Å². The van der Waals surface area contributed by atoms with Crippen molar-refractivity contribution in [1.82, 2.24) is 50.8 Å². The van der Waals surface area contributed by atoms with Crippen LogP contribution in [0.25, 0.3) is 21.8 Å². The second-order valence-electron chi connectivity index (χ2n) is 19.7. The molecule has 6 rings (SSSR count). The SMILES string of the molecule is CSC1SCC2C(=O)N(C)[C@H](C(C)C)C(=O)OCC(NC(=O)c3cnc4ccccc4c3)C(=O)N[C@@H](C)C(=O)N(C)C1C(=O)N(C)[C@@H](C(C)C)C(=O)OC[C@@H](NC(=O)c1cnc3ccccc3c1)C(=O)N[C@H](C)C(=O)N2C. The molecule has 2 fully saturated rings. The molecule has 24 heteroatoms. The minimum Gasteiger partial charge on any atom is -0.461 e. The van der Waals surface area contributed by atoms with Crippen molar-refractivity contribution >= 4 is 105 Å². The minimum absolute atomic E-state index is 0.0704. The van der Waals surface area contributed by atoms with Crippen molar-refractivity contribution in [1.29, 1.82) is 0 Å². The monoisotopic (exact) mass is 1100 g/mol. The number of thioether (sulfide) groups is 2. The van der Waals surface area contributed by atoms with Crippen LogP contribution in [-0.4, -0.2) is 195 Å². The highest BCUT2D eigenvalue weighted by Gasteiger charge is 2.45. The maximum atomic E-state index is 15.2. The highest BCUT2D eigenvalue weighted by molar-refractivity contribution is 8.16. The first-order valence-electron chi connectivity index (χ1n) is 24.9. The number of nitrogens with one attached hydrogen (secondary N) is 4. The number of amides is 8. The van der Waals surface area contributed by atoms with Crippen molar-refractivity contribution in [3.05, 3.63) is 84.2 Å². The van der Waals surface area contributed by atoms with Gasteiger partial charge in [-0.25, -0.2) is 9.59 Å². The molecule has 0 radical (unpaired) electrons. The van der Waals surface area contributed by atoms with Gasteiger partial charge in [-0.05, 0) is 56.2 Å². The number of hydrogen-bond acceptors (Lipinski definition) is 16. The summed E-state index contributed by atoms with van der Waals surface area (Å²) >= 11 is 2.18. The molecule has 2 saturated heterocycles. The van der Waals surface area contributed by atoms with E-state index < -0.39 is 137 Å². The van der Waals surface area contributed by atoms with Crippen LogP contribution < -0.4 is 21.3 Å². The predicted molar refractivity (Wildman–Crippen MR) is 289 cm³/mol. The molecule has 77 heavy (non-hydrogen) atoms. The van der Waals surface area contributed by atoms with E-state index in [1.54, 1.807) is 94.6 Å². The first-order valence-corrected chi connectivity index (χ1v) is 27.3. The standard InChI is InChI=1S/C53H66N10O12S2/c1-27(2)40-51(72)74-24-38(59-44(65)34-21-32-17-13-15-19-36(32)55-23-34)46(67)57-30(6)48(69)63(10)42-50(71)62(9)41(28(3)4)52(73)75-25-37(58-43(64)33-20-31-16-12-14-18-35(31)54-22-33)45(66)56-29(5)47(68)60(7)39(49(70)61(40)8)26-77-53(42)76-11/h12-23,27-30,37-42,53H,24-26H2,1-11H3,(H,56,66)(H,57,67)(H,58,64)(H,59,65)/t29-,30+,37-,38?,39?,40-,41+,42?,53?/m1/s1. The van der Waals surface area contributed by atoms with Crippen LogP contribution in [0.5, 0.6) is 0 Å². The summed E-state index contributed by atoms with van der Waals surface area (Å²) < 4.78 is 10.6. The number of ether oxygens (including phenoxy) is 2. The topological polar surface area (TPSA) is 276 Å². The molecule has 2 aromatic heterocycles. The summed E-state index contributed by atoms with van der Waals surface area (Å²) in [6.45, 7) is 7.84. The highest BCUT2D eigenvalue weighted by atomic mass is 32.2. The van der Waals surface area contributed by atoms with E-state index in [0.717, 1.165) is 43.1 Å². The van der Waals surface area contributed by atoms with Crippen molar-refractivity contribution in [3.63, 3.8) is 0 Å². The molecule has 0 spiro atoms. The van der Waals surface area contributed by atoms with Crippen LogP contribution in [-0.2, 0) is 47.8 Å². The molecule has 8 amide bonds. The minimum atomic E-state index is -1.62. The summed E-state index contributed by atoms with van der Waals surface area (Å²) in [5, 5.41) is 11.7. The van der Waals surface area contributed by atoms with E-state index >= 15 is 9.59 Å². The van der Waals surface area contributed by atoms with E-state index in [2.05, 4.69) is 31.2 Å². The van der Waals surface area contributed by atoms with Gasteiger partial charge in [0.2, 0.25) is 35.4 Å². The highest BCUT2D eigenvalue weighted by Crippen LogP contribution is 2.32. The Morgan fingerprint density at radius 1 is 0.623 bits per heavy atom. The maximum Gasteiger partial charge on any atom is 0.329 e. The van der Waals surface area contributed by atoms with Crippen molar-refractivity contribution in [2.45, 2.75) is 94.5 Å². The Bertz CT molecular complexity index is 2930. The molecule has 22 nitrogen and oxygen atoms in total. The third kappa shape index (κ3) is 13.6. The van der Waals surface area contributed by atoms with Crippen LogP contribution in [0, 0.1) is 11.8 Å². The Morgan fingerprint density at radius 3 is 1.47 bits per heavy atom. The fourth-order valence-corrected chi connectivity index (χ4v) is 11.7. The van der Waals surface area contributed by atoms with Crippen LogP contribution in [0.1, 0.15) is 62.3 Å². The average molecular weight is 1100 g/mol. The molecule has 4 heterocycles. The molecular weight excluding hydrogens is 1030 g/mol. The number of carbonyl (C=O) groups excluding carboxylic acids is 10. The first-order chi connectivity index (χ1) is 36.4. The number of aromatic nitrogens is 2. The smallest absolute Gasteiger partial charge is 0.329 e. The van der Waals surface area contributed by atoms with Gasteiger partial charge in [-0.3, -0.25) is 48.3 Å². The van der Waals surface area contributed by atoms with Gasteiger partial charge in [0.15, 0.2) is 0 Å². The Balaban J connectivity index is 1.43. The molecule has 4 N–H and O–H groups in total.